The highest BCUT2D eigenvalue weighted by Crippen LogP contribution is 2.48. The lowest BCUT2D eigenvalue weighted by Gasteiger charge is -2.48. The van der Waals surface area contributed by atoms with Crippen LogP contribution in [0.15, 0.2) is 24.3 Å². The number of fused-ring (bicyclic) bond motifs is 1. The number of ether oxygens (including phenoxy) is 3. The van der Waals surface area contributed by atoms with E-state index in [9.17, 15) is 0 Å². The Hall–Kier alpha value is -1.10. The van der Waals surface area contributed by atoms with Gasteiger partial charge in [0.25, 0.3) is 0 Å². The first-order chi connectivity index (χ1) is 11.3. The maximum absolute atomic E-state index is 6.30. The maximum atomic E-state index is 6.30. The van der Waals surface area contributed by atoms with Crippen LogP contribution in [-0.4, -0.2) is 38.1 Å². The van der Waals surface area contributed by atoms with E-state index in [0.717, 1.165) is 51.4 Å². The molecule has 0 bridgehead atoms. The first-order valence-corrected chi connectivity index (χ1v) is 9.05. The van der Waals surface area contributed by atoms with Gasteiger partial charge in [0.2, 0.25) is 0 Å². The molecule has 23 heavy (non-hydrogen) atoms. The zero-order valence-electron chi connectivity index (χ0n) is 13.8. The molecule has 2 atom stereocenters. The molecule has 1 spiro atoms. The van der Waals surface area contributed by atoms with Crippen LogP contribution in [-0.2, 0) is 9.47 Å². The highest BCUT2D eigenvalue weighted by Gasteiger charge is 2.45. The molecule has 0 unspecified atom stereocenters. The number of nitrogens with one attached hydrogen (secondary N) is 1. The summed E-state index contributed by atoms with van der Waals surface area (Å²) >= 11 is 0. The zero-order valence-corrected chi connectivity index (χ0v) is 13.8. The quantitative estimate of drug-likeness (QED) is 0.818. The lowest BCUT2D eigenvalue weighted by Crippen LogP contribution is -2.49. The van der Waals surface area contributed by atoms with Crippen molar-refractivity contribution in [1.29, 1.82) is 0 Å². The average molecular weight is 317 g/mol. The smallest absolute Gasteiger partial charge is 0.124 e. The highest BCUT2D eigenvalue weighted by molar-refractivity contribution is 5.39. The lowest BCUT2D eigenvalue weighted by molar-refractivity contribution is -0.0371. The summed E-state index contributed by atoms with van der Waals surface area (Å²) in [4.78, 5) is 0. The molecule has 4 heteroatoms. The molecule has 2 fully saturated rings. The van der Waals surface area contributed by atoms with E-state index in [2.05, 4.69) is 29.6 Å². The van der Waals surface area contributed by atoms with Crippen LogP contribution in [0.3, 0.4) is 0 Å². The molecule has 1 aromatic rings. The van der Waals surface area contributed by atoms with Gasteiger partial charge >= 0.3 is 0 Å². The molecular formula is C19H27NO3. The third kappa shape index (κ3) is 3.39. The SMILES string of the molecule is c1ccc2c(c1)OC1(CCC1)C[C@H]2NCCCO[C@H]1CCOC1. The fraction of sp³-hybridized carbons (Fsp3) is 0.684. The second kappa shape index (κ2) is 6.80. The number of rotatable bonds is 6. The largest absolute Gasteiger partial charge is 0.487 e. The monoisotopic (exact) mass is 317 g/mol. The molecule has 126 valence electrons. The Morgan fingerprint density at radius 1 is 1.26 bits per heavy atom. The lowest BCUT2D eigenvalue weighted by atomic mass is 9.73. The molecule has 1 saturated heterocycles. The predicted molar refractivity (Wildman–Crippen MR) is 88.8 cm³/mol. The van der Waals surface area contributed by atoms with Gasteiger partial charge in [0.1, 0.15) is 11.4 Å². The van der Waals surface area contributed by atoms with E-state index >= 15 is 0 Å². The summed E-state index contributed by atoms with van der Waals surface area (Å²) in [7, 11) is 0. The van der Waals surface area contributed by atoms with E-state index in [-0.39, 0.29) is 5.60 Å². The van der Waals surface area contributed by atoms with Crippen LogP contribution in [0.1, 0.15) is 50.1 Å². The van der Waals surface area contributed by atoms with Gasteiger partial charge in [0, 0.05) is 31.2 Å². The molecule has 2 aliphatic heterocycles. The fourth-order valence-corrected chi connectivity index (χ4v) is 3.92. The van der Waals surface area contributed by atoms with Gasteiger partial charge in [-0.2, -0.15) is 0 Å². The number of para-hydroxylation sites is 1. The second-order valence-electron chi connectivity index (χ2n) is 7.10. The van der Waals surface area contributed by atoms with Gasteiger partial charge in [-0.05, 0) is 44.7 Å². The van der Waals surface area contributed by atoms with E-state index < -0.39 is 0 Å². The Kier molecular flexibility index (Phi) is 4.56. The number of hydrogen-bond donors (Lipinski definition) is 1. The minimum atomic E-state index is 0.101. The van der Waals surface area contributed by atoms with E-state index in [4.69, 9.17) is 14.2 Å². The minimum absolute atomic E-state index is 0.101. The van der Waals surface area contributed by atoms with Crippen molar-refractivity contribution in [2.75, 3.05) is 26.4 Å². The summed E-state index contributed by atoms with van der Waals surface area (Å²) in [6.45, 7) is 3.42. The third-order valence-electron chi connectivity index (χ3n) is 5.42. The van der Waals surface area contributed by atoms with Gasteiger partial charge < -0.3 is 19.5 Å². The van der Waals surface area contributed by atoms with Crippen LogP contribution < -0.4 is 10.1 Å². The molecule has 0 aromatic heterocycles. The summed E-state index contributed by atoms with van der Waals surface area (Å²) in [6.07, 6.45) is 7.20. The molecule has 4 nitrogen and oxygen atoms in total. The van der Waals surface area contributed by atoms with Crippen molar-refractivity contribution in [1.82, 2.24) is 5.32 Å². The molecule has 1 saturated carbocycles. The fourth-order valence-electron chi connectivity index (χ4n) is 3.92. The van der Waals surface area contributed by atoms with E-state index in [1.54, 1.807) is 0 Å². The van der Waals surface area contributed by atoms with Crippen molar-refractivity contribution in [2.24, 2.45) is 0 Å². The van der Waals surface area contributed by atoms with E-state index in [0.29, 0.717) is 12.1 Å². The molecule has 1 aromatic carbocycles. The van der Waals surface area contributed by atoms with Crippen molar-refractivity contribution < 1.29 is 14.2 Å². The van der Waals surface area contributed by atoms with Crippen molar-refractivity contribution in [3.63, 3.8) is 0 Å². The summed E-state index contributed by atoms with van der Waals surface area (Å²) in [5, 5.41) is 3.74. The molecule has 1 aliphatic carbocycles. The van der Waals surface area contributed by atoms with Crippen LogP contribution in [0.2, 0.25) is 0 Å². The molecule has 4 rings (SSSR count). The third-order valence-corrected chi connectivity index (χ3v) is 5.42. The minimum Gasteiger partial charge on any atom is -0.487 e. The van der Waals surface area contributed by atoms with Crippen LogP contribution in [0.4, 0.5) is 0 Å². The first kappa shape index (κ1) is 15.4. The molecule has 1 N–H and O–H groups in total. The second-order valence-corrected chi connectivity index (χ2v) is 7.10. The summed E-state index contributed by atoms with van der Waals surface area (Å²) in [5.41, 5.74) is 1.42. The Bertz CT molecular complexity index is 523. The average Bonchev–Trinajstić information content (AvgIpc) is 3.06. The maximum Gasteiger partial charge on any atom is 0.124 e. The van der Waals surface area contributed by atoms with Crippen LogP contribution in [0, 0.1) is 0 Å². The number of hydrogen-bond acceptors (Lipinski definition) is 4. The van der Waals surface area contributed by atoms with Crippen molar-refractivity contribution >= 4 is 0 Å². The molecule has 3 aliphatic rings. The normalized spacial score (nSPS) is 28.2. The topological polar surface area (TPSA) is 39.7 Å². The molecular weight excluding hydrogens is 290 g/mol. The molecule has 2 heterocycles. The first-order valence-electron chi connectivity index (χ1n) is 9.05. The standard InChI is InChI=1S/C19H27NO3/c1-2-6-18-16(5-1)17(13-19(23-18)8-3-9-19)20-10-4-11-22-15-7-12-21-14-15/h1-2,5-6,15,17,20H,3-4,7-14H2/t15-,17+/m0/s1. The van der Waals surface area contributed by atoms with Gasteiger partial charge in [-0.15, -0.1) is 0 Å². The zero-order chi connectivity index (χ0) is 15.5. The molecule has 0 radical (unpaired) electrons. The van der Waals surface area contributed by atoms with Crippen LogP contribution >= 0.6 is 0 Å². The Labute approximate surface area is 138 Å². The van der Waals surface area contributed by atoms with Gasteiger partial charge in [-0.3, -0.25) is 0 Å². The van der Waals surface area contributed by atoms with Crippen LogP contribution in [0.25, 0.3) is 0 Å². The number of benzene rings is 1. The summed E-state index contributed by atoms with van der Waals surface area (Å²) < 4.78 is 17.5. The van der Waals surface area contributed by atoms with E-state index in [1.165, 1.54) is 24.8 Å². The van der Waals surface area contributed by atoms with Crippen molar-refractivity contribution in [3.05, 3.63) is 29.8 Å². The van der Waals surface area contributed by atoms with Gasteiger partial charge in [-0.25, -0.2) is 0 Å². The molecule has 0 amide bonds. The Morgan fingerprint density at radius 2 is 2.17 bits per heavy atom. The van der Waals surface area contributed by atoms with E-state index in [1.807, 2.05) is 0 Å². The Balaban J connectivity index is 1.29. The van der Waals surface area contributed by atoms with Gasteiger partial charge in [-0.1, -0.05) is 18.2 Å². The van der Waals surface area contributed by atoms with Gasteiger partial charge in [0.05, 0.1) is 12.7 Å². The summed E-state index contributed by atoms with van der Waals surface area (Å²) in [5.74, 6) is 1.08. The van der Waals surface area contributed by atoms with Gasteiger partial charge in [0.15, 0.2) is 0 Å². The van der Waals surface area contributed by atoms with Crippen molar-refractivity contribution in [3.8, 4) is 5.75 Å². The predicted octanol–water partition coefficient (Wildman–Crippen LogP) is 3.22. The van der Waals surface area contributed by atoms with Crippen molar-refractivity contribution in [2.45, 2.75) is 56.3 Å². The Morgan fingerprint density at radius 3 is 2.96 bits per heavy atom. The highest BCUT2D eigenvalue weighted by atomic mass is 16.5. The summed E-state index contributed by atoms with van der Waals surface area (Å²) in [6, 6.07) is 8.91. The van der Waals surface area contributed by atoms with Crippen LogP contribution in [0.5, 0.6) is 5.75 Å².